The summed E-state index contributed by atoms with van der Waals surface area (Å²) in [6, 6.07) is 8.34. The number of hydrogen-bond acceptors (Lipinski definition) is 5. The Labute approximate surface area is 192 Å². The summed E-state index contributed by atoms with van der Waals surface area (Å²) in [6.45, 7) is 12.8. The number of guanidine groups is 1. The normalized spacial score (nSPS) is 18.3. The third-order valence-corrected chi connectivity index (χ3v) is 5.35. The number of nitrogens with one attached hydrogen (secondary N) is 1. The third-order valence-electron chi connectivity index (χ3n) is 5.35. The zero-order valence-corrected chi connectivity index (χ0v) is 20.1. The Balaban J connectivity index is 0.00000300. The van der Waals surface area contributed by atoms with Gasteiger partial charge in [-0.15, -0.1) is 24.0 Å². The largest absolute Gasteiger partial charge is 0.497 e. The molecule has 8 heteroatoms. The van der Waals surface area contributed by atoms with Crippen molar-refractivity contribution in [3.05, 3.63) is 24.3 Å². The molecule has 0 amide bonds. The molecule has 2 aliphatic rings. The van der Waals surface area contributed by atoms with Gasteiger partial charge in [-0.2, -0.15) is 0 Å². The summed E-state index contributed by atoms with van der Waals surface area (Å²) >= 11 is 0. The molecule has 0 aromatic heterocycles. The number of anilines is 1. The lowest BCUT2D eigenvalue weighted by Crippen LogP contribution is -2.52. The average Bonchev–Trinajstić information content (AvgIpc) is 2.77. The fourth-order valence-corrected chi connectivity index (χ4v) is 3.70. The zero-order valence-electron chi connectivity index (χ0n) is 17.8. The van der Waals surface area contributed by atoms with Gasteiger partial charge >= 0.3 is 0 Å². The summed E-state index contributed by atoms with van der Waals surface area (Å²) < 4.78 is 10.7. The van der Waals surface area contributed by atoms with Crippen molar-refractivity contribution in [1.82, 2.24) is 15.1 Å². The van der Waals surface area contributed by atoms with Gasteiger partial charge < -0.3 is 24.6 Å². The summed E-state index contributed by atoms with van der Waals surface area (Å²) in [4.78, 5) is 12.2. The van der Waals surface area contributed by atoms with Crippen LogP contribution in [0.15, 0.2) is 29.3 Å². The van der Waals surface area contributed by atoms with E-state index in [2.05, 4.69) is 39.1 Å². The maximum Gasteiger partial charge on any atom is 0.194 e. The van der Waals surface area contributed by atoms with Crippen molar-refractivity contribution in [2.24, 2.45) is 4.99 Å². The molecule has 0 aliphatic carbocycles. The van der Waals surface area contributed by atoms with Crippen LogP contribution in [0.5, 0.6) is 5.75 Å². The number of morpholine rings is 1. The number of aliphatic imine (C=N–C) groups is 1. The highest BCUT2D eigenvalue weighted by Crippen LogP contribution is 2.20. The fourth-order valence-electron chi connectivity index (χ4n) is 3.70. The van der Waals surface area contributed by atoms with E-state index >= 15 is 0 Å². The zero-order chi connectivity index (χ0) is 19.6. The van der Waals surface area contributed by atoms with Crippen molar-refractivity contribution >= 4 is 35.6 Å². The lowest BCUT2D eigenvalue weighted by molar-refractivity contribution is 0.0377. The van der Waals surface area contributed by atoms with Crippen LogP contribution in [0.25, 0.3) is 0 Å². The summed E-state index contributed by atoms with van der Waals surface area (Å²) in [6.07, 6.45) is 1.10. The van der Waals surface area contributed by atoms with Crippen LogP contribution in [0, 0.1) is 0 Å². The minimum absolute atomic E-state index is 0. The smallest absolute Gasteiger partial charge is 0.194 e. The van der Waals surface area contributed by atoms with E-state index in [9.17, 15) is 0 Å². The topological polar surface area (TPSA) is 52.6 Å². The van der Waals surface area contributed by atoms with Crippen molar-refractivity contribution in [2.45, 2.75) is 13.3 Å². The van der Waals surface area contributed by atoms with Gasteiger partial charge in [0.1, 0.15) is 5.75 Å². The molecule has 2 aliphatic heterocycles. The van der Waals surface area contributed by atoms with Crippen LogP contribution in [0.2, 0.25) is 0 Å². The van der Waals surface area contributed by atoms with Gasteiger partial charge in [-0.25, -0.2) is 0 Å². The molecule has 2 fully saturated rings. The van der Waals surface area contributed by atoms with Crippen molar-refractivity contribution in [1.29, 1.82) is 0 Å². The predicted octanol–water partition coefficient (Wildman–Crippen LogP) is 2.12. The Morgan fingerprint density at radius 2 is 1.76 bits per heavy atom. The number of piperazine rings is 1. The van der Waals surface area contributed by atoms with Gasteiger partial charge in [-0.3, -0.25) is 9.89 Å². The molecular weight excluding hydrogens is 481 g/mol. The molecule has 0 saturated carbocycles. The number of rotatable bonds is 7. The average molecular weight is 517 g/mol. The first-order valence-electron chi connectivity index (χ1n) is 10.5. The number of nitrogens with zero attached hydrogens (tertiary/aromatic N) is 4. The SMILES string of the molecule is CCNC(=NCCCN1CCOCC1)N1CCN(c2ccc(OC)cc2)CC1.I. The first-order chi connectivity index (χ1) is 13.8. The summed E-state index contributed by atoms with van der Waals surface area (Å²) in [5.74, 6) is 1.96. The Kier molecular flexibility index (Phi) is 10.9. The standard InChI is InChI=1S/C21H35N5O2.HI/c1-3-22-21(23-9-4-10-24-15-17-28-18-16-24)26-13-11-25(12-14-26)19-5-7-20(27-2)8-6-19;/h5-8H,3-4,9-18H2,1-2H3,(H,22,23);1H. The van der Waals surface area contributed by atoms with Crippen LogP contribution < -0.4 is 15.0 Å². The predicted molar refractivity (Wildman–Crippen MR) is 130 cm³/mol. The van der Waals surface area contributed by atoms with Gasteiger partial charge in [-0.05, 0) is 37.6 Å². The second kappa shape index (κ2) is 13.1. The second-order valence-corrected chi connectivity index (χ2v) is 7.22. The minimum Gasteiger partial charge on any atom is -0.497 e. The maximum atomic E-state index is 5.41. The number of halogens is 1. The van der Waals surface area contributed by atoms with E-state index in [1.807, 2.05) is 12.1 Å². The Morgan fingerprint density at radius 3 is 2.38 bits per heavy atom. The number of ether oxygens (including phenoxy) is 2. The van der Waals surface area contributed by atoms with Crippen LogP contribution in [-0.4, -0.2) is 95.0 Å². The van der Waals surface area contributed by atoms with E-state index in [4.69, 9.17) is 14.5 Å². The first-order valence-corrected chi connectivity index (χ1v) is 10.5. The van der Waals surface area contributed by atoms with Crippen molar-refractivity contribution in [3.8, 4) is 5.75 Å². The molecule has 1 aromatic rings. The molecule has 29 heavy (non-hydrogen) atoms. The molecule has 0 spiro atoms. The molecule has 0 unspecified atom stereocenters. The fraction of sp³-hybridized carbons (Fsp3) is 0.667. The molecular formula is C21H36IN5O2. The summed E-state index contributed by atoms with van der Waals surface area (Å²) in [5.41, 5.74) is 1.26. The summed E-state index contributed by atoms with van der Waals surface area (Å²) in [5, 5.41) is 3.47. The van der Waals surface area contributed by atoms with Gasteiger partial charge in [0, 0.05) is 64.6 Å². The molecule has 164 valence electrons. The van der Waals surface area contributed by atoms with Crippen LogP contribution in [0.1, 0.15) is 13.3 Å². The second-order valence-electron chi connectivity index (χ2n) is 7.22. The van der Waals surface area contributed by atoms with E-state index in [0.29, 0.717) is 0 Å². The van der Waals surface area contributed by atoms with E-state index in [-0.39, 0.29) is 24.0 Å². The molecule has 1 N–H and O–H groups in total. The van der Waals surface area contributed by atoms with Gasteiger partial charge in [0.25, 0.3) is 0 Å². The van der Waals surface area contributed by atoms with Crippen LogP contribution in [0.4, 0.5) is 5.69 Å². The van der Waals surface area contributed by atoms with Crippen molar-refractivity contribution < 1.29 is 9.47 Å². The highest BCUT2D eigenvalue weighted by atomic mass is 127. The molecule has 0 radical (unpaired) electrons. The molecule has 3 rings (SSSR count). The number of benzene rings is 1. The minimum atomic E-state index is 0. The van der Waals surface area contributed by atoms with Crippen molar-refractivity contribution in [2.75, 3.05) is 84.1 Å². The van der Waals surface area contributed by atoms with Gasteiger partial charge in [-0.1, -0.05) is 0 Å². The molecule has 0 atom stereocenters. The Bertz CT molecular complexity index is 600. The quantitative estimate of drug-likeness (QED) is 0.259. The number of methoxy groups -OCH3 is 1. The third kappa shape index (κ3) is 7.49. The van der Waals surface area contributed by atoms with E-state index in [0.717, 1.165) is 90.2 Å². The molecule has 2 saturated heterocycles. The van der Waals surface area contributed by atoms with Crippen LogP contribution in [-0.2, 0) is 4.74 Å². The highest BCUT2D eigenvalue weighted by molar-refractivity contribution is 14.0. The van der Waals surface area contributed by atoms with Gasteiger partial charge in [0.2, 0.25) is 0 Å². The lowest BCUT2D eigenvalue weighted by atomic mass is 10.2. The van der Waals surface area contributed by atoms with Crippen LogP contribution >= 0.6 is 24.0 Å². The van der Waals surface area contributed by atoms with Crippen molar-refractivity contribution in [3.63, 3.8) is 0 Å². The lowest BCUT2D eigenvalue weighted by Gasteiger charge is -2.37. The highest BCUT2D eigenvalue weighted by Gasteiger charge is 2.20. The van der Waals surface area contributed by atoms with E-state index < -0.39 is 0 Å². The Hall–Kier alpha value is -1.26. The molecule has 1 aromatic carbocycles. The molecule has 0 bridgehead atoms. The monoisotopic (exact) mass is 517 g/mol. The van der Waals surface area contributed by atoms with E-state index in [1.54, 1.807) is 7.11 Å². The maximum absolute atomic E-state index is 5.41. The van der Waals surface area contributed by atoms with Gasteiger partial charge in [0.05, 0.1) is 20.3 Å². The molecule has 7 nitrogen and oxygen atoms in total. The summed E-state index contributed by atoms with van der Waals surface area (Å²) in [7, 11) is 1.70. The van der Waals surface area contributed by atoms with Gasteiger partial charge in [0.15, 0.2) is 5.96 Å². The van der Waals surface area contributed by atoms with E-state index in [1.165, 1.54) is 5.69 Å². The first kappa shape index (κ1) is 24.0. The van der Waals surface area contributed by atoms with Crippen LogP contribution in [0.3, 0.4) is 0 Å². The Morgan fingerprint density at radius 1 is 1.07 bits per heavy atom. The molecule has 2 heterocycles. The number of hydrogen-bond donors (Lipinski definition) is 1.